The number of hydrogen-bond donors (Lipinski definition) is 9. The molecule has 386 valence electrons. The van der Waals surface area contributed by atoms with Crippen molar-refractivity contribution in [2.24, 2.45) is 0 Å². The summed E-state index contributed by atoms with van der Waals surface area (Å²) in [7, 11) is -5.39. The van der Waals surface area contributed by atoms with Gasteiger partial charge in [-0.05, 0) is 19.3 Å². The number of phosphoric acid groups is 1. The van der Waals surface area contributed by atoms with Gasteiger partial charge < -0.3 is 64.7 Å². The monoisotopic (exact) mass is 969 g/mol. The summed E-state index contributed by atoms with van der Waals surface area (Å²) in [6.45, 7) is 2.09. The molecular weight excluding hydrogens is 883 g/mol. The summed E-state index contributed by atoms with van der Waals surface area (Å²) in [6.07, 6.45) is 9.12. The topological polar surface area (TPSA) is 289 Å². The van der Waals surface area contributed by atoms with Gasteiger partial charge in [0.15, 0.2) is 12.4 Å². The van der Waals surface area contributed by atoms with E-state index in [9.17, 15) is 59.9 Å². The summed E-state index contributed by atoms with van der Waals surface area (Å²) in [5.74, 6) is -1.47. The van der Waals surface area contributed by atoms with E-state index in [1.165, 1.54) is 108 Å². The van der Waals surface area contributed by atoms with E-state index in [-0.39, 0.29) is 6.42 Å². The lowest BCUT2D eigenvalue weighted by atomic mass is 9.84. The fourth-order valence-corrected chi connectivity index (χ4v) is 8.88. The van der Waals surface area contributed by atoms with Crippen molar-refractivity contribution >= 4 is 19.8 Å². The first kappa shape index (κ1) is 60.3. The smallest absolute Gasteiger partial charge is 0.458 e. The Bertz CT molecular complexity index is 1380. The van der Waals surface area contributed by atoms with E-state index in [1.54, 1.807) is 6.08 Å². The molecule has 2 fully saturated rings. The average molecular weight is 969 g/mol. The molecule has 0 aromatic heterocycles. The average Bonchev–Trinajstić information content (AvgIpc) is 3.29. The van der Waals surface area contributed by atoms with Crippen LogP contribution in [0.25, 0.3) is 0 Å². The fraction of sp³-hybridized carbons (Fsp3) is 0.872. The summed E-state index contributed by atoms with van der Waals surface area (Å²) in [5.41, 5.74) is 0. The van der Waals surface area contributed by atoms with Crippen molar-refractivity contribution in [1.29, 1.82) is 0 Å². The van der Waals surface area contributed by atoms with Crippen molar-refractivity contribution in [2.75, 3.05) is 19.8 Å². The lowest BCUT2D eigenvalue weighted by Crippen LogP contribution is -2.67. The predicted molar refractivity (Wildman–Crippen MR) is 245 cm³/mol. The van der Waals surface area contributed by atoms with Gasteiger partial charge in [0, 0.05) is 12.5 Å². The molecule has 1 saturated carbocycles. The Balaban J connectivity index is 1.99. The number of ether oxygens (including phenoxy) is 4. The molecule has 19 heteroatoms. The van der Waals surface area contributed by atoms with E-state index in [1.807, 2.05) is 6.08 Å². The van der Waals surface area contributed by atoms with Gasteiger partial charge in [-0.15, -0.1) is 0 Å². The van der Waals surface area contributed by atoms with Crippen LogP contribution in [0.3, 0.4) is 0 Å². The number of carbonyl (C=O) groups is 2. The van der Waals surface area contributed by atoms with Crippen molar-refractivity contribution in [3.8, 4) is 0 Å². The lowest BCUT2D eigenvalue weighted by Gasteiger charge is -2.47. The number of unbranched alkanes of at least 4 members (excludes halogenated alkanes) is 21. The minimum absolute atomic E-state index is 0.0158. The van der Waals surface area contributed by atoms with Gasteiger partial charge in [0.1, 0.15) is 67.6 Å². The standard InChI is InChI=1S/C47H85O18P/c1-3-5-7-9-11-13-15-16-17-18-20-21-23-25-27-29-36(49)60-32-34(62-37(50)30-28-26-24-22-19-14-12-10-8-6-4-2)33-61-66(58,59)65-46-43(56)41(54)40(53)42(55)45(46)64-47-44(57)39(52)38(51)35(31-48)63-47/h23,25,27,29,34-35,38-48,51-57H,3-22,24,26,28,30-33H2,1-2H3,(H,58,59). The Morgan fingerprint density at radius 3 is 1.62 bits per heavy atom. The molecule has 0 radical (unpaired) electrons. The highest BCUT2D eigenvalue weighted by molar-refractivity contribution is 7.47. The summed E-state index contributed by atoms with van der Waals surface area (Å²) < 4.78 is 45.2. The summed E-state index contributed by atoms with van der Waals surface area (Å²) in [4.78, 5) is 36.3. The number of carbonyl (C=O) groups excluding carboxylic acids is 2. The number of hydrogen-bond acceptors (Lipinski definition) is 17. The molecule has 9 N–H and O–H groups in total. The zero-order valence-corrected chi connectivity index (χ0v) is 40.4. The molecule has 0 aromatic carbocycles. The zero-order valence-electron chi connectivity index (χ0n) is 39.5. The molecule has 0 amide bonds. The van der Waals surface area contributed by atoms with Crippen molar-refractivity contribution in [1.82, 2.24) is 0 Å². The molecule has 0 bridgehead atoms. The largest absolute Gasteiger partial charge is 0.472 e. The maximum atomic E-state index is 13.4. The Kier molecular flexibility index (Phi) is 32.2. The first-order valence-electron chi connectivity index (χ1n) is 24.7. The summed E-state index contributed by atoms with van der Waals surface area (Å²) >= 11 is 0. The highest BCUT2D eigenvalue weighted by Gasteiger charge is 2.55. The van der Waals surface area contributed by atoms with Gasteiger partial charge in [-0.2, -0.15) is 0 Å². The van der Waals surface area contributed by atoms with Gasteiger partial charge in [0.25, 0.3) is 0 Å². The third kappa shape index (κ3) is 24.1. The van der Waals surface area contributed by atoms with Crippen LogP contribution in [-0.4, -0.2) is 151 Å². The minimum atomic E-state index is -5.39. The normalized spacial score (nSPS) is 28.4. The molecule has 66 heavy (non-hydrogen) atoms. The van der Waals surface area contributed by atoms with E-state index in [4.69, 9.17) is 28.0 Å². The van der Waals surface area contributed by atoms with E-state index in [0.717, 1.165) is 44.9 Å². The highest BCUT2D eigenvalue weighted by Crippen LogP contribution is 2.48. The van der Waals surface area contributed by atoms with Crippen LogP contribution in [0.2, 0.25) is 0 Å². The second-order valence-electron chi connectivity index (χ2n) is 17.7. The Labute approximate surface area is 392 Å². The summed E-state index contributed by atoms with van der Waals surface area (Å²) in [6, 6.07) is 0. The SMILES string of the molecule is CCCCCCCCCCCCCC=CC=CC(=O)OCC(COP(=O)(O)OC1C(O)C(O)C(O)C(O)C1OC1OC(CO)C(O)C(O)C1O)OC(=O)CCCCCCCCCCCCC. The number of phosphoric ester groups is 1. The van der Waals surface area contributed by atoms with Crippen molar-refractivity contribution in [2.45, 2.75) is 241 Å². The third-order valence-electron chi connectivity index (χ3n) is 12.0. The van der Waals surface area contributed by atoms with E-state index in [0.29, 0.717) is 6.42 Å². The zero-order chi connectivity index (χ0) is 48.7. The van der Waals surface area contributed by atoms with Crippen LogP contribution >= 0.6 is 7.82 Å². The first-order valence-corrected chi connectivity index (χ1v) is 26.2. The molecule has 1 aliphatic carbocycles. The van der Waals surface area contributed by atoms with E-state index in [2.05, 4.69) is 13.8 Å². The van der Waals surface area contributed by atoms with Crippen molar-refractivity contribution in [3.05, 3.63) is 24.3 Å². The quantitative estimate of drug-likeness (QED) is 0.0129. The van der Waals surface area contributed by atoms with Crippen LogP contribution in [0.5, 0.6) is 0 Å². The Morgan fingerprint density at radius 1 is 0.606 bits per heavy atom. The molecule has 18 nitrogen and oxygen atoms in total. The summed E-state index contributed by atoms with van der Waals surface area (Å²) in [5, 5.41) is 82.8. The van der Waals surface area contributed by atoms with Gasteiger partial charge in [0.2, 0.25) is 0 Å². The van der Waals surface area contributed by atoms with Crippen LogP contribution in [0.1, 0.15) is 168 Å². The number of aliphatic hydroxyl groups is 8. The predicted octanol–water partition coefficient (Wildman–Crippen LogP) is 5.10. The molecular formula is C47H85O18P. The second-order valence-corrected chi connectivity index (χ2v) is 19.1. The second kappa shape index (κ2) is 35.3. The van der Waals surface area contributed by atoms with Crippen molar-refractivity contribution < 1.29 is 87.9 Å². The van der Waals surface area contributed by atoms with Gasteiger partial charge in [-0.25, -0.2) is 9.36 Å². The number of esters is 2. The number of rotatable bonds is 37. The van der Waals surface area contributed by atoms with E-state index < -0.39 is 113 Å². The number of aliphatic hydroxyl groups excluding tert-OH is 8. The number of allylic oxidation sites excluding steroid dienone is 3. The molecule has 1 aliphatic heterocycles. The fourth-order valence-electron chi connectivity index (χ4n) is 7.91. The van der Waals surface area contributed by atoms with Gasteiger partial charge in [-0.3, -0.25) is 13.8 Å². The minimum Gasteiger partial charge on any atom is -0.458 e. The maximum absolute atomic E-state index is 13.4. The van der Waals surface area contributed by atoms with Crippen LogP contribution < -0.4 is 0 Å². The molecule has 2 rings (SSSR count). The van der Waals surface area contributed by atoms with Crippen molar-refractivity contribution in [3.63, 3.8) is 0 Å². The van der Waals surface area contributed by atoms with Gasteiger partial charge >= 0.3 is 19.8 Å². The lowest BCUT2D eigenvalue weighted by molar-refractivity contribution is -0.338. The van der Waals surface area contributed by atoms with Gasteiger partial charge in [0.05, 0.1) is 13.2 Å². The maximum Gasteiger partial charge on any atom is 0.472 e. The van der Waals surface area contributed by atoms with Crippen LogP contribution in [0, 0.1) is 0 Å². The molecule has 0 spiro atoms. The Morgan fingerprint density at radius 2 is 1.09 bits per heavy atom. The first-order chi connectivity index (χ1) is 31.7. The van der Waals surface area contributed by atoms with Crippen LogP contribution in [-0.2, 0) is 42.1 Å². The molecule has 13 atom stereocenters. The molecule has 0 aromatic rings. The molecule has 2 aliphatic rings. The van der Waals surface area contributed by atoms with E-state index >= 15 is 0 Å². The third-order valence-corrected chi connectivity index (χ3v) is 13.0. The van der Waals surface area contributed by atoms with Gasteiger partial charge in [-0.1, -0.05) is 160 Å². The molecule has 13 unspecified atom stereocenters. The molecule has 1 saturated heterocycles. The Hall–Kier alpha value is -1.87. The van der Waals surface area contributed by atoms with Crippen LogP contribution in [0.4, 0.5) is 0 Å². The van der Waals surface area contributed by atoms with Crippen LogP contribution in [0.15, 0.2) is 24.3 Å². The highest BCUT2D eigenvalue weighted by atomic mass is 31.2. The molecule has 1 heterocycles.